The Bertz CT molecular complexity index is 599. The highest BCUT2D eigenvalue weighted by atomic mass is 35.5. The Balaban J connectivity index is 2.28. The molecule has 0 radical (unpaired) electrons. The molecule has 4 N–H and O–H groups in total. The quantitative estimate of drug-likeness (QED) is 0.575. The summed E-state index contributed by atoms with van der Waals surface area (Å²) < 4.78 is 0. The molecule has 0 aliphatic heterocycles. The van der Waals surface area contributed by atoms with Crippen molar-refractivity contribution in [2.75, 3.05) is 11.1 Å². The number of rotatable bonds is 2. The van der Waals surface area contributed by atoms with Crippen molar-refractivity contribution in [1.29, 1.82) is 0 Å². The van der Waals surface area contributed by atoms with Gasteiger partial charge in [-0.2, -0.15) is 0 Å². The fourth-order valence-electron chi connectivity index (χ4n) is 1.50. The van der Waals surface area contributed by atoms with Crippen LogP contribution in [0.2, 0.25) is 5.02 Å². The number of carbonyl (C=O) groups is 1. The molecule has 0 atom stereocenters. The zero-order chi connectivity index (χ0) is 13.1. The monoisotopic (exact) mass is 262 g/mol. The molecule has 0 fully saturated rings. The molecule has 0 aliphatic rings. The van der Waals surface area contributed by atoms with Crippen LogP contribution in [0.4, 0.5) is 11.4 Å². The highest BCUT2D eigenvalue weighted by Crippen LogP contribution is 2.26. The molecule has 0 bridgehead atoms. The Morgan fingerprint density at radius 3 is 2.61 bits per heavy atom. The number of phenols is 1. The Hall–Kier alpha value is -2.20. The van der Waals surface area contributed by atoms with Gasteiger partial charge in [-0.05, 0) is 24.3 Å². The summed E-state index contributed by atoms with van der Waals surface area (Å²) in [5.41, 5.74) is 6.26. The van der Waals surface area contributed by atoms with E-state index in [-0.39, 0.29) is 17.0 Å². The van der Waals surface area contributed by atoms with Gasteiger partial charge in [-0.3, -0.25) is 4.79 Å². The van der Waals surface area contributed by atoms with E-state index < -0.39 is 5.91 Å². The number of phenolic OH excluding ortho intramolecular Hbond substituents is 1. The summed E-state index contributed by atoms with van der Waals surface area (Å²) in [6.07, 6.45) is 0. The number of halogens is 1. The second-order valence-corrected chi connectivity index (χ2v) is 4.08. The number of nitrogens with two attached hydrogens (primary N) is 1. The summed E-state index contributed by atoms with van der Waals surface area (Å²) in [4.78, 5) is 12.0. The number of carbonyl (C=O) groups excluding carboxylic acids is 1. The van der Waals surface area contributed by atoms with Gasteiger partial charge in [-0.15, -0.1) is 0 Å². The lowest BCUT2D eigenvalue weighted by molar-refractivity contribution is 0.102. The fourth-order valence-corrected chi connectivity index (χ4v) is 1.68. The molecule has 2 aromatic rings. The predicted molar refractivity (Wildman–Crippen MR) is 71.9 cm³/mol. The highest BCUT2D eigenvalue weighted by Gasteiger charge is 2.13. The number of para-hydroxylation sites is 2. The normalized spacial score (nSPS) is 10.1. The maximum atomic E-state index is 12.0. The van der Waals surface area contributed by atoms with E-state index >= 15 is 0 Å². The molecule has 18 heavy (non-hydrogen) atoms. The first kappa shape index (κ1) is 12.3. The fraction of sp³-hybridized carbons (Fsp3) is 0. The van der Waals surface area contributed by atoms with E-state index in [1.54, 1.807) is 30.3 Å². The highest BCUT2D eigenvalue weighted by molar-refractivity contribution is 6.33. The van der Waals surface area contributed by atoms with Gasteiger partial charge in [-0.25, -0.2) is 0 Å². The third kappa shape index (κ3) is 2.38. The summed E-state index contributed by atoms with van der Waals surface area (Å²) in [5, 5.41) is 12.7. The second-order valence-electron chi connectivity index (χ2n) is 3.68. The van der Waals surface area contributed by atoms with E-state index in [1.807, 2.05) is 0 Å². The average Bonchev–Trinajstić information content (AvgIpc) is 2.35. The molecule has 0 unspecified atom stereocenters. The van der Waals surface area contributed by atoms with E-state index in [9.17, 15) is 9.90 Å². The molecule has 5 heteroatoms. The number of hydrogen-bond donors (Lipinski definition) is 3. The van der Waals surface area contributed by atoms with E-state index in [0.717, 1.165) is 0 Å². The summed E-state index contributed by atoms with van der Waals surface area (Å²) >= 11 is 5.92. The topological polar surface area (TPSA) is 75.4 Å². The Morgan fingerprint density at radius 2 is 1.89 bits per heavy atom. The van der Waals surface area contributed by atoms with Crippen LogP contribution in [-0.4, -0.2) is 11.0 Å². The van der Waals surface area contributed by atoms with Crippen LogP contribution >= 0.6 is 11.6 Å². The number of amides is 1. The van der Waals surface area contributed by atoms with E-state index in [2.05, 4.69) is 5.32 Å². The van der Waals surface area contributed by atoms with Crippen LogP contribution in [0, 0.1) is 0 Å². The lowest BCUT2D eigenvalue weighted by Gasteiger charge is -2.09. The van der Waals surface area contributed by atoms with Crippen LogP contribution in [0.15, 0.2) is 42.5 Å². The largest absolute Gasteiger partial charge is 0.505 e. The van der Waals surface area contributed by atoms with Gasteiger partial charge in [0.15, 0.2) is 5.75 Å². The Morgan fingerprint density at radius 1 is 1.17 bits per heavy atom. The van der Waals surface area contributed by atoms with Gasteiger partial charge in [-0.1, -0.05) is 29.8 Å². The summed E-state index contributed by atoms with van der Waals surface area (Å²) in [6, 6.07) is 11.4. The lowest BCUT2D eigenvalue weighted by atomic mass is 10.1. The molecule has 0 aliphatic carbocycles. The van der Waals surface area contributed by atoms with Gasteiger partial charge in [0.25, 0.3) is 5.91 Å². The van der Waals surface area contributed by atoms with E-state index in [1.165, 1.54) is 12.1 Å². The first-order chi connectivity index (χ1) is 8.59. The molecular weight excluding hydrogens is 252 g/mol. The molecule has 1 amide bonds. The number of hydrogen-bond acceptors (Lipinski definition) is 3. The summed E-state index contributed by atoms with van der Waals surface area (Å²) in [7, 11) is 0. The van der Waals surface area contributed by atoms with Crippen molar-refractivity contribution in [3.63, 3.8) is 0 Å². The first-order valence-electron chi connectivity index (χ1n) is 5.23. The van der Waals surface area contributed by atoms with Crippen molar-refractivity contribution in [2.24, 2.45) is 0 Å². The molecule has 2 aromatic carbocycles. The van der Waals surface area contributed by atoms with Crippen LogP contribution in [-0.2, 0) is 0 Å². The molecule has 2 rings (SSSR count). The first-order valence-corrected chi connectivity index (χ1v) is 5.60. The minimum atomic E-state index is -0.465. The molecule has 0 saturated heterocycles. The van der Waals surface area contributed by atoms with Crippen molar-refractivity contribution in [3.05, 3.63) is 53.1 Å². The van der Waals surface area contributed by atoms with Crippen molar-refractivity contribution in [3.8, 4) is 5.75 Å². The Labute approximate surface area is 109 Å². The molecule has 0 spiro atoms. The maximum Gasteiger partial charge on any atom is 0.259 e. The van der Waals surface area contributed by atoms with E-state index in [4.69, 9.17) is 17.3 Å². The second kappa shape index (κ2) is 4.98. The van der Waals surface area contributed by atoms with Gasteiger partial charge in [0.2, 0.25) is 0 Å². The van der Waals surface area contributed by atoms with Crippen molar-refractivity contribution >= 4 is 28.9 Å². The molecule has 0 heterocycles. The smallest absolute Gasteiger partial charge is 0.259 e. The maximum absolute atomic E-state index is 12.0. The van der Waals surface area contributed by atoms with Crippen LogP contribution in [0.1, 0.15) is 10.4 Å². The molecule has 0 aromatic heterocycles. The van der Waals surface area contributed by atoms with Gasteiger partial charge in [0.05, 0.1) is 22.0 Å². The predicted octanol–water partition coefficient (Wildman–Crippen LogP) is 2.88. The number of aromatic hydroxyl groups is 1. The number of benzene rings is 2. The number of nitrogens with one attached hydrogen (secondary N) is 1. The van der Waals surface area contributed by atoms with Crippen molar-refractivity contribution in [1.82, 2.24) is 0 Å². The van der Waals surface area contributed by atoms with Gasteiger partial charge >= 0.3 is 0 Å². The van der Waals surface area contributed by atoms with Crippen LogP contribution < -0.4 is 11.1 Å². The molecule has 92 valence electrons. The van der Waals surface area contributed by atoms with Crippen LogP contribution in [0.25, 0.3) is 0 Å². The van der Waals surface area contributed by atoms with Gasteiger partial charge < -0.3 is 16.2 Å². The third-order valence-electron chi connectivity index (χ3n) is 2.43. The summed E-state index contributed by atoms with van der Waals surface area (Å²) in [5.74, 6) is -0.699. The third-order valence-corrected chi connectivity index (χ3v) is 2.76. The van der Waals surface area contributed by atoms with Crippen molar-refractivity contribution < 1.29 is 9.90 Å². The van der Waals surface area contributed by atoms with Crippen LogP contribution in [0.5, 0.6) is 5.75 Å². The molecular formula is C13H11ClN2O2. The SMILES string of the molecule is Nc1cccc(C(=O)Nc2ccccc2Cl)c1O. The van der Waals surface area contributed by atoms with E-state index in [0.29, 0.717) is 10.7 Å². The summed E-state index contributed by atoms with van der Waals surface area (Å²) in [6.45, 7) is 0. The zero-order valence-corrected chi connectivity index (χ0v) is 10.1. The minimum Gasteiger partial charge on any atom is -0.505 e. The zero-order valence-electron chi connectivity index (χ0n) is 9.35. The van der Waals surface area contributed by atoms with Gasteiger partial charge in [0.1, 0.15) is 0 Å². The number of nitrogen functional groups attached to an aromatic ring is 1. The minimum absolute atomic E-state index is 0.106. The molecule has 0 saturated carbocycles. The van der Waals surface area contributed by atoms with Crippen LogP contribution in [0.3, 0.4) is 0 Å². The van der Waals surface area contributed by atoms with Gasteiger partial charge in [0, 0.05) is 0 Å². The lowest BCUT2D eigenvalue weighted by Crippen LogP contribution is -2.12. The number of anilines is 2. The average molecular weight is 263 g/mol. The molecule has 4 nitrogen and oxygen atoms in total. The van der Waals surface area contributed by atoms with Crippen molar-refractivity contribution in [2.45, 2.75) is 0 Å². The Kier molecular flexibility index (Phi) is 3.39. The standard InChI is InChI=1S/C13H11ClN2O2/c14-9-5-1-2-7-11(9)16-13(18)8-4-3-6-10(15)12(8)17/h1-7,17H,15H2,(H,16,18).